The standard InChI is InChI=1S/C19H22N2O7S2/c1-5-27-19(24)16-11(2)12(3)29-17(16)20-15(22)10-28-18(23)13-8-6-7-9-14(13)21-30(4,25)26/h6-9,21H,5,10H2,1-4H3,(H,20,22). The van der Waals surface area contributed by atoms with E-state index in [1.54, 1.807) is 19.9 Å². The first-order chi connectivity index (χ1) is 14.0. The third kappa shape index (κ3) is 6.04. The molecule has 1 aromatic carbocycles. The summed E-state index contributed by atoms with van der Waals surface area (Å²) in [4.78, 5) is 37.6. The van der Waals surface area contributed by atoms with Crippen LogP contribution in [0.4, 0.5) is 10.7 Å². The second-order valence-corrected chi connectivity index (χ2v) is 9.23. The van der Waals surface area contributed by atoms with E-state index < -0.39 is 34.5 Å². The molecule has 30 heavy (non-hydrogen) atoms. The number of ether oxygens (including phenoxy) is 2. The van der Waals surface area contributed by atoms with Gasteiger partial charge < -0.3 is 14.8 Å². The number of rotatable bonds is 8. The molecule has 162 valence electrons. The number of carbonyl (C=O) groups is 3. The lowest BCUT2D eigenvalue weighted by molar-refractivity contribution is -0.119. The van der Waals surface area contributed by atoms with Crippen LogP contribution in [-0.4, -0.2) is 45.7 Å². The first kappa shape index (κ1) is 23.4. The minimum absolute atomic E-state index is 0.0363. The van der Waals surface area contributed by atoms with Crippen LogP contribution in [-0.2, 0) is 24.3 Å². The van der Waals surface area contributed by atoms with Crippen LogP contribution in [0.1, 0.15) is 38.1 Å². The number of hydrogen-bond acceptors (Lipinski definition) is 8. The van der Waals surface area contributed by atoms with Gasteiger partial charge in [0.05, 0.1) is 29.7 Å². The number of thiophene rings is 1. The Labute approximate surface area is 178 Å². The van der Waals surface area contributed by atoms with E-state index in [1.807, 2.05) is 6.92 Å². The number of carbonyl (C=O) groups excluding carboxylic acids is 3. The Morgan fingerprint density at radius 3 is 2.37 bits per heavy atom. The average Bonchev–Trinajstić information content (AvgIpc) is 2.92. The molecule has 0 unspecified atom stereocenters. The largest absolute Gasteiger partial charge is 0.462 e. The Morgan fingerprint density at radius 1 is 1.07 bits per heavy atom. The summed E-state index contributed by atoms with van der Waals surface area (Å²) >= 11 is 1.21. The molecule has 0 atom stereocenters. The molecule has 11 heteroatoms. The molecule has 0 aliphatic rings. The van der Waals surface area contributed by atoms with Gasteiger partial charge in [0.25, 0.3) is 5.91 Å². The first-order valence-corrected chi connectivity index (χ1v) is 11.5. The van der Waals surface area contributed by atoms with Crippen molar-refractivity contribution in [2.75, 3.05) is 29.5 Å². The average molecular weight is 455 g/mol. The molecule has 1 aromatic heterocycles. The van der Waals surface area contributed by atoms with Crippen molar-refractivity contribution in [3.8, 4) is 0 Å². The first-order valence-electron chi connectivity index (χ1n) is 8.84. The predicted molar refractivity (Wildman–Crippen MR) is 114 cm³/mol. The summed E-state index contributed by atoms with van der Waals surface area (Å²) in [6.07, 6.45) is 0.953. The SMILES string of the molecule is CCOC(=O)c1c(NC(=O)COC(=O)c2ccccc2NS(C)(=O)=O)sc(C)c1C. The highest BCUT2D eigenvalue weighted by molar-refractivity contribution is 7.92. The molecule has 0 fully saturated rings. The highest BCUT2D eigenvalue weighted by Gasteiger charge is 2.23. The molecule has 9 nitrogen and oxygen atoms in total. The maximum absolute atomic E-state index is 12.3. The van der Waals surface area contributed by atoms with Crippen molar-refractivity contribution in [2.45, 2.75) is 20.8 Å². The molecule has 0 saturated carbocycles. The second-order valence-electron chi connectivity index (χ2n) is 6.25. The normalized spacial score (nSPS) is 10.9. The van der Waals surface area contributed by atoms with Crippen molar-refractivity contribution < 1.29 is 32.3 Å². The number of nitrogens with one attached hydrogen (secondary N) is 2. The number of benzene rings is 1. The lowest BCUT2D eigenvalue weighted by atomic mass is 10.1. The molecule has 0 saturated heterocycles. The summed E-state index contributed by atoms with van der Waals surface area (Å²) in [7, 11) is -3.60. The predicted octanol–water partition coefficient (Wildman–Crippen LogP) is 2.71. The Balaban J connectivity index is 2.09. The molecule has 2 N–H and O–H groups in total. The van der Waals surface area contributed by atoms with Gasteiger partial charge in [0.1, 0.15) is 5.00 Å². The van der Waals surface area contributed by atoms with E-state index in [1.165, 1.54) is 29.5 Å². The Kier molecular flexibility index (Phi) is 7.57. The summed E-state index contributed by atoms with van der Waals surface area (Å²) < 4.78 is 35.1. The van der Waals surface area contributed by atoms with E-state index in [9.17, 15) is 22.8 Å². The van der Waals surface area contributed by atoms with Crippen LogP contribution >= 0.6 is 11.3 Å². The van der Waals surface area contributed by atoms with Crippen molar-refractivity contribution in [3.05, 3.63) is 45.8 Å². The minimum Gasteiger partial charge on any atom is -0.462 e. The maximum Gasteiger partial charge on any atom is 0.341 e. The third-order valence-corrected chi connectivity index (χ3v) is 5.61. The maximum atomic E-state index is 12.3. The highest BCUT2D eigenvalue weighted by Crippen LogP contribution is 2.33. The lowest BCUT2D eigenvalue weighted by Crippen LogP contribution is -2.22. The van der Waals surface area contributed by atoms with Crippen molar-refractivity contribution in [3.63, 3.8) is 0 Å². The van der Waals surface area contributed by atoms with E-state index in [0.717, 1.165) is 11.1 Å². The zero-order chi connectivity index (χ0) is 22.5. The molecule has 2 rings (SSSR count). The van der Waals surface area contributed by atoms with Gasteiger partial charge >= 0.3 is 11.9 Å². The van der Waals surface area contributed by atoms with Gasteiger partial charge in [0, 0.05) is 4.88 Å². The van der Waals surface area contributed by atoms with Crippen LogP contribution in [0.25, 0.3) is 0 Å². The summed E-state index contributed by atoms with van der Waals surface area (Å²) in [6.45, 7) is 4.81. The Morgan fingerprint density at radius 2 is 1.73 bits per heavy atom. The lowest BCUT2D eigenvalue weighted by Gasteiger charge is -2.11. The van der Waals surface area contributed by atoms with Crippen LogP contribution in [0, 0.1) is 13.8 Å². The van der Waals surface area contributed by atoms with Crippen molar-refractivity contribution in [1.29, 1.82) is 0 Å². The zero-order valence-electron chi connectivity index (χ0n) is 16.9. The van der Waals surface area contributed by atoms with E-state index in [2.05, 4.69) is 10.0 Å². The molecule has 1 heterocycles. The minimum atomic E-state index is -3.60. The van der Waals surface area contributed by atoms with Crippen LogP contribution < -0.4 is 10.0 Å². The van der Waals surface area contributed by atoms with Crippen molar-refractivity contribution >= 4 is 49.9 Å². The molecule has 0 radical (unpaired) electrons. The number of para-hydroxylation sites is 1. The summed E-state index contributed by atoms with van der Waals surface area (Å²) in [5.41, 5.74) is 0.971. The Bertz CT molecular complexity index is 1070. The summed E-state index contributed by atoms with van der Waals surface area (Å²) in [5.74, 6) is -2.07. The van der Waals surface area contributed by atoms with E-state index in [4.69, 9.17) is 9.47 Å². The Hall–Kier alpha value is -2.92. The molecule has 0 spiro atoms. The third-order valence-electron chi connectivity index (χ3n) is 3.89. The van der Waals surface area contributed by atoms with Gasteiger partial charge in [0.2, 0.25) is 10.0 Å². The van der Waals surface area contributed by atoms with Crippen LogP contribution in [0.3, 0.4) is 0 Å². The van der Waals surface area contributed by atoms with E-state index in [0.29, 0.717) is 10.6 Å². The van der Waals surface area contributed by atoms with Gasteiger partial charge in [-0.25, -0.2) is 18.0 Å². The van der Waals surface area contributed by atoms with Gasteiger partial charge in [-0.1, -0.05) is 12.1 Å². The summed E-state index contributed by atoms with van der Waals surface area (Å²) in [6, 6.07) is 5.86. The number of aryl methyl sites for hydroxylation is 1. The highest BCUT2D eigenvalue weighted by atomic mass is 32.2. The fraction of sp³-hybridized carbons (Fsp3) is 0.316. The van der Waals surface area contributed by atoms with Crippen LogP contribution in [0.5, 0.6) is 0 Å². The molecular formula is C19H22N2O7S2. The number of amides is 1. The monoisotopic (exact) mass is 454 g/mol. The molecular weight excluding hydrogens is 432 g/mol. The molecule has 2 aromatic rings. The van der Waals surface area contributed by atoms with Crippen molar-refractivity contribution in [1.82, 2.24) is 0 Å². The molecule has 1 amide bonds. The van der Waals surface area contributed by atoms with Gasteiger partial charge in [0.15, 0.2) is 6.61 Å². The smallest absolute Gasteiger partial charge is 0.341 e. The van der Waals surface area contributed by atoms with Gasteiger partial charge in [-0.15, -0.1) is 11.3 Å². The summed E-state index contributed by atoms with van der Waals surface area (Å²) in [5, 5.41) is 2.87. The number of anilines is 2. The van der Waals surface area contributed by atoms with E-state index >= 15 is 0 Å². The van der Waals surface area contributed by atoms with Gasteiger partial charge in [-0.3, -0.25) is 9.52 Å². The van der Waals surface area contributed by atoms with Gasteiger partial charge in [-0.2, -0.15) is 0 Å². The quantitative estimate of drug-likeness (QED) is 0.587. The molecule has 0 aliphatic heterocycles. The number of sulfonamides is 1. The number of hydrogen-bond donors (Lipinski definition) is 2. The van der Waals surface area contributed by atoms with Gasteiger partial charge in [-0.05, 0) is 38.5 Å². The van der Waals surface area contributed by atoms with Crippen LogP contribution in [0.2, 0.25) is 0 Å². The topological polar surface area (TPSA) is 128 Å². The fourth-order valence-electron chi connectivity index (χ4n) is 2.49. The van der Waals surface area contributed by atoms with E-state index in [-0.39, 0.29) is 23.4 Å². The fourth-order valence-corrected chi connectivity index (χ4v) is 4.13. The van der Waals surface area contributed by atoms with Crippen molar-refractivity contribution in [2.24, 2.45) is 0 Å². The number of esters is 2. The van der Waals surface area contributed by atoms with Crippen LogP contribution in [0.15, 0.2) is 24.3 Å². The molecule has 0 bridgehead atoms. The second kappa shape index (κ2) is 9.72. The zero-order valence-corrected chi connectivity index (χ0v) is 18.5. The molecule has 0 aliphatic carbocycles.